The normalized spacial score (nSPS) is 19.6. The van der Waals surface area contributed by atoms with E-state index in [1.807, 2.05) is 42.5 Å². The predicted molar refractivity (Wildman–Crippen MR) is 195 cm³/mol. The summed E-state index contributed by atoms with van der Waals surface area (Å²) >= 11 is 3.51. The number of aromatic hydroxyl groups is 1. The van der Waals surface area contributed by atoms with Crippen LogP contribution in [0.4, 0.5) is 0 Å². The van der Waals surface area contributed by atoms with E-state index >= 15 is 0 Å². The number of pyridine rings is 1. The zero-order valence-electron chi connectivity index (χ0n) is 26.9. The van der Waals surface area contributed by atoms with E-state index in [-0.39, 0.29) is 35.9 Å². The van der Waals surface area contributed by atoms with Crippen molar-refractivity contribution in [3.8, 4) is 5.75 Å². The highest BCUT2D eigenvalue weighted by molar-refractivity contribution is 9.10. The van der Waals surface area contributed by atoms with Gasteiger partial charge in [-0.15, -0.1) is 0 Å². The van der Waals surface area contributed by atoms with Crippen LogP contribution < -0.4 is 10.4 Å². The van der Waals surface area contributed by atoms with Crippen LogP contribution >= 0.6 is 15.9 Å². The van der Waals surface area contributed by atoms with Crippen molar-refractivity contribution in [2.45, 2.75) is 50.0 Å². The van der Waals surface area contributed by atoms with Crippen LogP contribution in [0.1, 0.15) is 44.9 Å². The molecule has 0 spiro atoms. The van der Waals surface area contributed by atoms with Crippen molar-refractivity contribution in [1.29, 1.82) is 0 Å². The number of nitrogens with zero attached hydrogens (tertiary/aromatic N) is 1. The van der Waals surface area contributed by atoms with E-state index in [2.05, 4.69) is 90.2 Å². The predicted octanol–water partition coefficient (Wildman–Crippen LogP) is 6.94. The zero-order chi connectivity index (χ0) is 33.2. The van der Waals surface area contributed by atoms with Crippen LogP contribution in [0.5, 0.6) is 5.75 Å². The molecule has 1 saturated heterocycles. The number of ether oxygens (including phenoxy) is 1. The quantitative estimate of drug-likeness (QED) is 0.141. The summed E-state index contributed by atoms with van der Waals surface area (Å²) in [6.07, 6.45) is 4.48. The van der Waals surface area contributed by atoms with E-state index in [0.29, 0.717) is 18.4 Å². The van der Waals surface area contributed by atoms with Crippen LogP contribution in [0.15, 0.2) is 119 Å². The molecule has 1 N–H and O–H groups in total. The topological polar surface area (TPSA) is 85.7 Å². The fourth-order valence-electron chi connectivity index (χ4n) is 7.03. The lowest BCUT2D eigenvalue weighted by molar-refractivity contribution is 0.118. The number of sulfone groups is 1. The second-order valence-electron chi connectivity index (χ2n) is 13.3. The highest BCUT2D eigenvalue weighted by atomic mass is 79.9. The summed E-state index contributed by atoms with van der Waals surface area (Å²) in [5.74, 6) is 0.158. The summed E-state index contributed by atoms with van der Waals surface area (Å²) in [5, 5.41) is 12.0. The molecular formula is C38H40BrNO5SSi. The lowest BCUT2D eigenvalue weighted by Crippen LogP contribution is -2.66. The van der Waals surface area contributed by atoms with Crippen molar-refractivity contribution in [2.75, 3.05) is 19.0 Å². The fraction of sp³-hybridized carbons (Fsp3) is 0.289. The smallest absolute Gasteiger partial charge is 0.261 e. The number of rotatable bonds is 10. The number of phenolic OH excluding ortho intramolecular Hbond substituents is 1. The van der Waals surface area contributed by atoms with E-state index in [9.17, 15) is 13.5 Å². The number of benzene rings is 3. The Hall–Kier alpha value is -3.34. The Kier molecular flexibility index (Phi) is 9.74. The molecule has 244 valence electrons. The van der Waals surface area contributed by atoms with Crippen molar-refractivity contribution in [3.05, 3.63) is 130 Å². The van der Waals surface area contributed by atoms with Gasteiger partial charge in [-0.3, -0.25) is 4.98 Å². The Bertz CT molecular complexity index is 1850. The first kappa shape index (κ1) is 33.6. The average molecular weight is 731 g/mol. The minimum absolute atomic E-state index is 0.0140. The number of hydrogen-bond acceptors (Lipinski definition) is 6. The van der Waals surface area contributed by atoms with Gasteiger partial charge in [-0.2, -0.15) is 0 Å². The molecule has 0 unspecified atom stereocenters. The monoisotopic (exact) mass is 729 g/mol. The van der Waals surface area contributed by atoms with Gasteiger partial charge in [0.2, 0.25) is 0 Å². The molecule has 2 aliphatic rings. The highest BCUT2D eigenvalue weighted by Gasteiger charge is 2.52. The summed E-state index contributed by atoms with van der Waals surface area (Å²) in [7, 11) is -6.29. The van der Waals surface area contributed by atoms with Crippen LogP contribution in [-0.4, -0.2) is 57.1 Å². The Morgan fingerprint density at radius 3 is 2.28 bits per heavy atom. The molecule has 0 bridgehead atoms. The second kappa shape index (κ2) is 13.6. The number of allylic oxidation sites excluding steroid dienone is 1. The summed E-state index contributed by atoms with van der Waals surface area (Å²) in [6.45, 7) is 7.05. The van der Waals surface area contributed by atoms with Gasteiger partial charge in [0.25, 0.3) is 8.32 Å². The molecule has 6 rings (SSSR count). The molecule has 0 amide bonds. The summed E-state index contributed by atoms with van der Waals surface area (Å²) in [6, 6.07) is 31.9. The molecule has 2 atom stereocenters. The Balaban J connectivity index is 1.34. The number of aromatic nitrogens is 1. The first-order valence-corrected chi connectivity index (χ1v) is 20.3. The standard InChI is InChI=1S/C38H40BrNO5SSi/c1-38(2,3)47(31-12-6-4-7-13-31,32-14-8-5-9-15-32)45-24-29-26-46(42,43)36-25-44-35(37(29)36)20-17-27(33-16-10-11-21-40-33)22-28-23-30(39)18-19-34(28)41/h4-16,18-19,21-23,35-36,41H,17,20,24-26H2,1-3H3/b27-22-/t35-,36+/m1/s1. The van der Waals surface area contributed by atoms with Gasteiger partial charge in [0.15, 0.2) is 9.84 Å². The molecule has 1 fully saturated rings. The van der Waals surface area contributed by atoms with Crippen LogP contribution in [0.2, 0.25) is 5.04 Å². The van der Waals surface area contributed by atoms with E-state index in [1.54, 1.807) is 18.3 Å². The number of phenols is 1. The lowest BCUT2D eigenvalue weighted by atomic mass is 9.95. The minimum Gasteiger partial charge on any atom is -0.507 e. The fourth-order valence-corrected chi connectivity index (χ4v) is 13.9. The Morgan fingerprint density at radius 2 is 1.66 bits per heavy atom. The van der Waals surface area contributed by atoms with E-state index < -0.39 is 23.4 Å². The maximum atomic E-state index is 13.5. The van der Waals surface area contributed by atoms with Gasteiger partial charge in [-0.1, -0.05) is 103 Å². The molecule has 1 aromatic heterocycles. The molecule has 6 nitrogen and oxygen atoms in total. The molecule has 2 aliphatic heterocycles. The number of halogens is 1. The van der Waals surface area contributed by atoms with Gasteiger partial charge in [0.1, 0.15) is 11.0 Å². The SMILES string of the molecule is CC(C)(C)[Si](OCC1=C2[C@@H](CC/C(=C/c3cc(Br)ccc3O)c3ccccn3)OC[C@@H]2S(=O)(=O)C1)(c1ccccc1)c1ccccc1. The maximum Gasteiger partial charge on any atom is 0.261 e. The Labute approximate surface area is 287 Å². The van der Waals surface area contributed by atoms with Gasteiger partial charge >= 0.3 is 0 Å². The van der Waals surface area contributed by atoms with E-state index in [0.717, 1.165) is 37.3 Å². The third-order valence-corrected chi connectivity index (χ3v) is 16.7. The largest absolute Gasteiger partial charge is 0.507 e. The summed E-state index contributed by atoms with van der Waals surface area (Å²) < 4.78 is 41.3. The van der Waals surface area contributed by atoms with Crippen molar-refractivity contribution >= 4 is 56.1 Å². The zero-order valence-corrected chi connectivity index (χ0v) is 30.3. The molecule has 3 aromatic carbocycles. The summed E-state index contributed by atoms with van der Waals surface area (Å²) in [4.78, 5) is 4.59. The van der Waals surface area contributed by atoms with E-state index in [4.69, 9.17) is 9.16 Å². The van der Waals surface area contributed by atoms with Gasteiger partial charge in [0.05, 0.1) is 30.8 Å². The molecule has 0 aliphatic carbocycles. The van der Waals surface area contributed by atoms with Gasteiger partial charge in [-0.25, -0.2) is 8.42 Å². The average Bonchev–Trinajstić information content (AvgIpc) is 3.60. The van der Waals surface area contributed by atoms with Crippen LogP contribution in [-0.2, 0) is 19.0 Å². The van der Waals surface area contributed by atoms with Gasteiger partial charge in [0, 0.05) is 16.2 Å². The van der Waals surface area contributed by atoms with Crippen molar-refractivity contribution in [1.82, 2.24) is 4.98 Å². The van der Waals surface area contributed by atoms with Crippen molar-refractivity contribution in [3.63, 3.8) is 0 Å². The molecular weight excluding hydrogens is 690 g/mol. The first-order valence-electron chi connectivity index (χ1n) is 15.9. The first-order chi connectivity index (χ1) is 22.5. The van der Waals surface area contributed by atoms with Crippen LogP contribution in [0, 0.1) is 0 Å². The number of fused-ring (bicyclic) bond motifs is 1. The van der Waals surface area contributed by atoms with Crippen molar-refractivity contribution in [2.24, 2.45) is 0 Å². The van der Waals surface area contributed by atoms with Gasteiger partial charge < -0.3 is 14.3 Å². The maximum absolute atomic E-state index is 13.5. The number of hydrogen-bond donors (Lipinski definition) is 1. The third kappa shape index (κ3) is 6.82. The van der Waals surface area contributed by atoms with Crippen LogP contribution in [0.3, 0.4) is 0 Å². The van der Waals surface area contributed by atoms with Crippen molar-refractivity contribution < 1.29 is 22.7 Å². The minimum atomic E-state index is -3.42. The molecule has 47 heavy (non-hydrogen) atoms. The molecule has 0 radical (unpaired) electrons. The second-order valence-corrected chi connectivity index (χ2v) is 20.7. The third-order valence-electron chi connectivity index (χ3n) is 9.23. The van der Waals surface area contributed by atoms with Gasteiger partial charge in [-0.05, 0) is 81.4 Å². The van der Waals surface area contributed by atoms with Crippen LogP contribution in [0.25, 0.3) is 11.6 Å². The molecule has 0 saturated carbocycles. The molecule has 9 heteroatoms. The lowest BCUT2D eigenvalue weighted by Gasteiger charge is -2.43. The molecule has 4 aromatic rings. The molecule has 3 heterocycles. The highest BCUT2D eigenvalue weighted by Crippen LogP contribution is 2.42. The summed E-state index contributed by atoms with van der Waals surface area (Å²) in [5.41, 5.74) is 4.07. The Morgan fingerprint density at radius 1 is 1.00 bits per heavy atom. The van der Waals surface area contributed by atoms with E-state index in [1.165, 1.54) is 0 Å².